The fourth-order valence-corrected chi connectivity index (χ4v) is 1.74. The molecule has 0 bridgehead atoms. The number of nitrogens with one attached hydrogen (secondary N) is 1. The summed E-state index contributed by atoms with van der Waals surface area (Å²) in [6.45, 7) is 1.80. The second-order valence-electron chi connectivity index (χ2n) is 3.96. The van der Waals surface area contributed by atoms with Crippen molar-refractivity contribution in [2.45, 2.75) is 19.4 Å². The maximum atomic E-state index is 11.3. The van der Waals surface area contributed by atoms with Gasteiger partial charge in [0, 0.05) is 14.0 Å². The molecule has 0 aliphatic rings. The number of likely N-dealkylation sites (N-methyl/N-ethyl adjacent to an activating group) is 1. The van der Waals surface area contributed by atoms with Crippen LogP contribution in [0.3, 0.4) is 0 Å². The molecule has 3 N–H and O–H groups in total. The van der Waals surface area contributed by atoms with E-state index in [4.69, 9.17) is 10.2 Å². The van der Waals surface area contributed by atoms with Crippen LogP contribution >= 0.6 is 0 Å². The summed E-state index contributed by atoms with van der Waals surface area (Å²) in [6.07, 6.45) is 0.482. The lowest BCUT2D eigenvalue weighted by Gasteiger charge is -2.09. The lowest BCUT2D eigenvalue weighted by Crippen LogP contribution is -2.40. The molecule has 0 aliphatic heterocycles. The summed E-state index contributed by atoms with van der Waals surface area (Å²) in [4.78, 5) is 15.5. The van der Waals surface area contributed by atoms with E-state index in [9.17, 15) is 4.79 Å². The van der Waals surface area contributed by atoms with Gasteiger partial charge in [0.15, 0.2) is 11.5 Å². The molecule has 0 aliphatic carbocycles. The topological polar surface area (TPSA) is 81.2 Å². The van der Waals surface area contributed by atoms with E-state index in [1.807, 2.05) is 18.2 Å². The van der Waals surface area contributed by atoms with Crippen molar-refractivity contribution in [1.29, 1.82) is 0 Å². The second kappa shape index (κ2) is 4.55. The van der Waals surface area contributed by atoms with Crippen LogP contribution in [0.4, 0.5) is 0 Å². The molecule has 0 radical (unpaired) electrons. The lowest BCUT2D eigenvalue weighted by atomic mass is 10.1. The fourth-order valence-electron chi connectivity index (χ4n) is 1.74. The van der Waals surface area contributed by atoms with Gasteiger partial charge in [-0.05, 0) is 24.1 Å². The van der Waals surface area contributed by atoms with Crippen molar-refractivity contribution in [3.8, 4) is 0 Å². The molecule has 1 heterocycles. The van der Waals surface area contributed by atoms with E-state index >= 15 is 0 Å². The molecule has 5 nitrogen and oxygen atoms in total. The Kier molecular flexibility index (Phi) is 3.10. The second-order valence-corrected chi connectivity index (χ2v) is 3.96. The number of hydrogen-bond acceptors (Lipinski definition) is 4. The minimum atomic E-state index is -0.540. The largest absolute Gasteiger partial charge is 0.441 e. The minimum absolute atomic E-state index is 0.168. The van der Waals surface area contributed by atoms with E-state index in [0.29, 0.717) is 12.3 Å². The van der Waals surface area contributed by atoms with Gasteiger partial charge in [0.25, 0.3) is 0 Å². The SMILES string of the molecule is CNC(=O)C(N)Cc1ccc2nc(C)oc2c1. The number of amides is 1. The highest BCUT2D eigenvalue weighted by Gasteiger charge is 2.13. The van der Waals surface area contributed by atoms with E-state index in [-0.39, 0.29) is 5.91 Å². The summed E-state index contributed by atoms with van der Waals surface area (Å²) >= 11 is 0. The number of aryl methyl sites for hydroxylation is 1. The molecule has 17 heavy (non-hydrogen) atoms. The molecule has 1 atom stereocenters. The van der Waals surface area contributed by atoms with E-state index in [2.05, 4.69) is 10.3 Å². The van der Waals surface area contributed by atoms with Crippen LogP contribution in [0.1, 0.15) is 11.5 Å². The van der Waals surface area contributed by atoms with E-state index < -0.39 is 6.04 Å². The summed E-state index contributed by atoms with van der Waals surface area (Å²) in [7, 11) is 1.57. The third kappa shape index (κ3) is 2.45. The zero-order valence-corrected chi connectivity index (χ0v) is 9.86. The zero-order chi connectivity index (χ0) is 12.4. The molecule has 5 heteroatoms. The lowest BCUT2D eigenvalue weighted by molar-refractivity contribution is -0.121. The Morgan fingerprint density at radius 3 is 3.06 bits per heavy atom. The molecule has 1 aromatic carbocycles. The van der Waals surface area contributed by atoms with Crippen LogP contribution < -0.4 is 11.1 Å². The van der Waals surface area contributed by atoms with Gasteiger partial charge in [-0.15, -0.1) is 0 Å². The average molecular weight is 233 g/mol. The predicted molar refractivity (Wildman–Crippen MR) is 64.5 cm³/mol. The maximum absolute atomic E-state index is 11.3. The smallest absolute Gasteiger partial charge is 0.237 e. The molecular formula is C12H15N3O2. The van der Waals surface area contributed by atoms with Crippen LogP contribution in [-0.2, 0) is 11.2 Å². The van der Waals surface area contributed by atoms with Gasteiger partial charge in [0.2, 0.25) is 5.91 Å². The maximum Gasteiger partial charge on any atom is 0.237 e. The molecule has 90 valence electrons. The molecule has 0 saturated heterocycles. The number of nitrogens with two attached hydrogens (primary N) is 1. The van der Waals surface area contributed by atoms with E-state index in [1.165, 1.54) is 0 Å². The number of carbonyl (C=O) groups is 1. The normalized spacial score (nSPS) is 12.6. The average Bonchev–Trinajstić information content (AvgIpc) is 2.67. The molecule has 0 saturated carbocycles. The highest BCUT2D eigenvalue weighted by atomic mass is 16.3. The van der Waals surface area contributed by atoms with Crippen LogP contribution in [0.15, 0.2) is 22.6 Å². The van der Waals surface area contributed by atoms with Crippen LogP contribution in [0.25, 0.3) is 11.1 Å². The molecule has 1 amide bonds. The van der Waals surface area contributed by atoms with Crippen molar-refractivity contribution >= 4 is 17.0 Å². The summed E-state index contributed by atoms with van der Waals surface area (Å²) in [5, 5.41) is 2.53. The van der Waals surface area contributed by atoms with Gasteiger partial charge in [-0.2, -0.15) is 0 Å². The number of fused-ring (bicyclic) bond motifs is 1. The van der Waals surface area contributed by atoms with Crippen LogP contribution in [0.5, 0.6) is 0 Å². The van der Waals surface area contributed by atoms with Crippen molar-refractivity contribution in [2.75, 3.05) is 7.05 Å². The summed E-state index contributed by atoms with van der Waals surface area (Å²) in [5.74, 6) is 0.464. The van der Waals surface area contributed by atoms with Gasteiger partial charge in [-0.25, -0.2) is 4.98 Å². The number of rotatable bonds is 3. The highest BCUT2D eigenvalue weighted by Crippen LogP contribution is 2.17. The number of hydrogen-bond donors (Lipinski definition) is 2. The summed E-state index contributed by atoms with van der Waals surface area (Å²) in [6, 6.07) is 5.12. The van der Waals surface area contributed by atoms with E-state index in [1.54, 1.807) is 14.0 Å². The third-order valence-corrected chi connectivity index (χ3v) is 2.60. The van der Waals surface area contributed by atoms with Crippen molar-refractivity contribution < 1.29 is 9.21 Å². The zero-order valence-electron chi connectivity index (χ0n) is 9.86. The predicted octanol–water partition coefficient (Wildman–Crippen LogP) is 0.752. The van der Waals surface area contributed by atoms with Crippen molar-refractivity contribution in [3.05, 3.63) is 29.7 Å². The molecule has 2 aromatic rings. The van der Waals surface area contributed by atoms with Crippen LogP contribution in [0, 0.1) is 6.92 Å². The van der Waals surface area contributed by atoms with Gasteiger partial charge in [0.1, 0.15) is 5.52 Å². The third-order valence-electron chi connectivity index (χ3n) is 2.60. The molecule has 0 spiro atoms. The van der Waals surface area contributed by atoms with Crippen molar-refractivity contribution in [2.24, 2.45) is 5.73 Å². The van der Waals surface area contributed by atoms with Gasteiger partial charge < -0.3 is 15.5 Å². The monoisotopic (exact) mass is 233 g/mol. The molecule has 2 rings (SSSR count). The number of oxazole rings is 1. The number of benzene rings is 1. The van der Waals surface area contributed by atoms with Gasteiger partial charge in [-0.1, -0.05) is 6.07 Å². The summed E-state index contributed by atoms with van der Waals surface area (Å²) in [5.41, 5.74) is 8.26. The van der Waals surface area contributed by atoms with Gasteiger partial charge in [-0.3, -0.25) is 4.79 Å². The number of aromatic nitrogens is 1. The first-order chi connectivity index (χ1) is 8.10. The Balaban J connectivity index is 2.21. The molecule has 1 aromatic heterocycles. The van der Waals surface area contributed by atoms with Crippen molar-refractivity contribution in [1.82, 2.24) is 10.3 Å². The molecule has 1 unspecified atom stereocenters. The fraction of sp³-hybridized carbons (Fsp3) is 0.333. The Bertz CT molecular complexity index is 548. The van der Waals surface area contributed by atoms with Crippen molar-refractivity contribution in [3.63, 3.8) is 0 Å². The van der Waals surface area contributed by atoms with Gasteiger partial charge in [0.05, 0.1) is 6.04 Å². The first kappa shape index (κ1) is 11.6. The summed E-state index contributed by atoms with van der Waals surface area (Å²) < 4.78 is 5.42. The molecular weight excluding hydrogens is 218 g/mol. The Morgan fingerprint density at radius 2 is 2.35 bits per heavy atom. The van der Waals surface area contributed by atoms with E-state index in [0.717, 1.165) is 16.7 Å². The van der Waals surface area contributed by atoms with Crippen LogP contribution in [-0.4, -0.2) is 24.0 Å². The standard InChI is InChI=1S/C12H15N3O2/c1-7-15-10-4-3-8(6-11(10)17-7)5-9(13)12(16)14-2/h3-4,6,9H,5,13H2,1-2H3,(H,14,16). The molecule has 0 fully saturated rings. The highest BCUT2D eigenvalue weighted by molar-refractivity contribution is 5.81. The number of nitrogens with zero attached hydrogens (tertiary/aromatic N) is 1. The Hall–Kier alpha value is -1.88. The van der Waals surface area contributed by atoms with Crippen LogP contribution in [0.2, 0.25) is 0 Å². The minimum Gasteiger partial charge on any atom is -0.441 e. The first-order valence-electron chi connectivity index (χ1n) is 5.43. The number of carbonyl (C=O) groups excluding carboxylic acids is 1. The Labute approximate surface area is 99.0 Å². The van der Waals surface area contributed by atoms with Gasteiger partial charge >= 0.3 is 0 Å². The quantitative estimate of drug-likeness (QED) is 0.819. The first-order valence-corrected chi connectivity index (χ1v) is 5.43. The Morgan fingerprint density at radius 1 is 1.59 bits per heavy atom.